The Labute approximate surface area is 165 Å². The first kappa shape index (κ1) is 21.4. The zero-order chi connectivity index (χ0) is 19.2. The first-order valence-electron chi connectivity index (χ1n) is 10.7. The van der Waals surface area contributed by atoms with Crippen molar-refractivity contribution in [1.82, 2.24) is 0 Å². The van der Waals surface area contributed by atoms with Crippen molar-refractivity contribution in [1.29, 1.82) is 0 Å². The molecule has 1 aromatic carbocycles. The molecule has 0 heterocycles. The molecule has 1 atom stereocenters. The van der Waals surface area contributed by atoms with Crippen molar-refractivity contribution in [3.8, 4) is 29.4 Å². The Morgan fingerprint density at radius 2 is 1.67 bits per heavy atom. The van der Waals surface area contributed by atoms with Crippen molar-refractivity contribution >= 4 is 0 Å². The van der Waals surface area contributed by atoms with Crippen LogP contribution in [0.25, 0.3) is 0 Å². The second kappa shape index (κ2) is 13.3. The number of rotatable bonds is 9. The Morgan fingerprint density at radius 3 is 2.41 bits per heavy atom. The lowest BCUT2D eigenvalue weighted by Crippen LogP contribution is -2.20. The van der Waals surface area contributed by atoms with E-state index in [1.54, 1.807) is 0 Å². The van der Waals surface area contributed by atoms with Gasteiger partial charge in [-0.05, 0) is 61.3 Å². The van der Waals surface area contributed by atoms with Gasteiger partial charge in [-0.1, -0.05) is 70.1 Å². The summed E-state index contributed by atoms with van der Waals surface area (Å²) in [5.74, 6) is 12.8. The van der Waals surface area contributed by atoms with E-state index in [-0.39, 0.29) is 0 Å². The second-order valence-corrected chi connectivity index (χ2v) is 7.50. The fourth-order valence-electron chi connectivity index (χ4n) is 3.49. The summed E-state index contributed by atoms with van der Waals surface area (Å²) in [5.41, 5.74) is 0.920. The fourth-order valence-corrected chi connectivity index (χ4v) is 3.49. The van der Waals surface area contributed by atoms with Gasteiger partial charge in [-0.3, -0.25) is 0 Å². The van der Waals surface area contributed by atoms with Gasteiger partial charge in [0, 0.05) is 5.56 Å². The largest absolute Gasteiger partial charge is 0.494 e. The van der Waals surface area contributed by atoms with E-state index in [4.69, 9.17) is 4.74 Å². The van der Waals surface area contributed by atoms with Gasteiger partial charge < -0.3 is 9.84 Å². The van der Waals surface area contributed by atoms with E-state index >= 15 is 0 Å². The van der Waals surface area contributed by atoms with Crippen LogP contribution in [0.4, 0.5) is 0 Å². The lowest BCUT2D eigenvalue weighted by atomic mass is 9.85. The molecule has 0 amide bonds. The lowest BCUT2D eigenvalue weighted by Gasteiger charge is -2.22. The zero-order valence-electron chi connectivity index (χ0n) is 16.8. The second-order valence-electron chi connectivity index (χ2n) is 7.50. The molecule has 146 valence electrons. The molecule has 0 unspecified atom stereocenters. The molecule has 0 aliphatic heterocycles. The molecule has 1 aliphatic carbocycles. The Hall–Kier alpha value is -1.90. The molecule has 2 rings (SSSR count). The van der Waals surface area contributed by atoms with Crippen LogP contribution in [0.2, 0.25) is 0 Å². The topological polar surface area (TPSA) is 29.5 Å². The van der Waals surface area contributed by atoms with E-state index in [0.29, 0.717) is 5.92 Å². The summed E-state index contributed by atoms with van der Waals surface area (Å²) in [6.45, 7) is 3.02. The van der Waals surface area contributed by atoms with Crippen molar-refractivity contribution < 1.29 is 9.84 Å². The van der Waals surface area contributed by atoms with E-state index in [2.05, 4.69) is 30.6 Å². The van der Waals surface area contributed by atoms with E-state index in [9.17, 15) is 5.11 Å². The van der Waals surface area contributed by atoms with Crippen LogP contribution in [0, 0.1) is 29.6 Å². The first-order valence-corrected chi connectivity index (χ1v) is 10.7. The molecule has 1 aliphatic rings. The predicted molar refractivity (Wildman–Crippen MR) is 113 cm³/mol. The van der Waals surface area contributed by atoms with Crippen LogP contribution in [0.5, 0.6) is 5.75 Å². The Balaban J connectivity index is 1.68. The highest BCUT2D eigenvalue weighted by Crippen LogP contribution is 2.26. The summed E-state index contributed by atoms with van der Waals surface area (Å²) in [4.78, 5) is 0. The third-order valence-electron chi connectivity index (χ3n) is 5.21. The Bertz CT molecular complexity index is 633. The third kappa shape index (κ3) is 9.03. The lowest BCUT2D eigenvalue weighted by molar-refractivity contribution is 0.133. The molecule has 0 radical (unpaired) electrons. The van der Waals surface area contributed by atoms with Crippen molar-refractivity contribution in [2.24, 2.45) is 5.92 Å². The third-order valence-corrected chi connectivity index (χ3v) is 5.21. The van der Waals surface area contributed by atoms with E-state index in [1.807, 2.05) is 24.3 Å². The number of ether oxygens (including phenoxy) is 1. The van der Waals surface area contributed by atoms with E-state index in [1.165, 1.54) is 51.4 Å². The maximum absolute atomic E-state index is 10.1. The van der Waals surface area contributed by atoms with Gasteiger partial charge in [-0.25, -0.2) is 0 Å². The standard InChI is InChI=1S/C25H34O2/c1-2-3-4-5-6-12-21-27-24-19-17-22(18-20-24)13-10-11-16-25(26)23-14-8-7-9-15-23/h17-20,23,25-26H,2-9,12,14-15,21H2,1H3/t25-/m1/s1. The van der Waals surface area contributed by atoms with Gasteiger partial charge in [0.15, 0.2) is 0 Å². The van der Waals surface area contributed by atoms with Gasteiger partial charge in [-0.15, -0.1) is 0 Å². The number of hydrogen-bond donors (Lipinski definition) is 1. The number of aliphatic hydroxyl groups excluding tert-OH is 1. The summed E-state index contributed by atoms with van der Waals surface area (Å²) in [7, 11) is 0. The van der Waals surface area contributed by atoms with Crippen LogP contribution in [0.1, 0.15) is 83.1 Å². The van der Waals surface area contributed by atoms with E-state index < -0.39 is 6.10 Å². The molecule has 1 N–H and O–H groups in total. The highest BCUT2D eigenvalue weighted by molar-refractivity contribution is 5.42. The average molecular weight is 367 g/mol. The van der Waals surface area contributed by atoms with Crippen molar-refractivity contribution in [3.05, 3.63) is 29.8 Å². The quantitative estimate of drug-likeness (QED) is 0.447. The molecule has 0 saturated heterocycles. The molecule has 1 fully saturated rings. The summed E-state index contributed by atoms with van der Waals surface area (Å²) < 4.78 is 5.78. The predicted octanol–water partition coefficient (Wildman–Crippen LogP) is 5.72. The van der Waals surface area contributed by atoms with Crippen LogP contribution >= 0.6 is 0 Å². The summed E-state index contributed by atoms with van der Waals surface area (Å²) >= 11 is 0. The van der Waals surface area contributed by atoms with Crippen molar-refractivity contribution in [2.45, 2.75) is 83.7 Å². The van der Waals surface area contributed by atoms with Crippen LogP contribution in [0.15, 0.2) is 24.3 Å². The summed E-state index contributed by atoms with van der Waals surface area (Å²) in [6, 6.07) is 7.85. The summed E-state index contributed by atoms with van der Waals surface area (Å²) in [6.07, 6.45) is 13.0. The van der Waals surface area contributed by atoms with Crippen LogP contribution < -0.4 is 4.74 Å². The number of unbranched alkanes of at least 4 members (excludes halogenated alkanes) is 5. The molecule has 0 aromatic heterocycles. The minimum absolute atomic E-state index is 0.330. The van der Waals surface area contributed by atoms with Crippen LogP contribution in [0.3, 0.4) is 0 Å². The normalized spacial score (nSPS) is 15.2. The van der Waals surface area contributed by atoms with Crippen molar-refractivity contribution in [3.63, 3.8) is 0 Å². The highest BCUT2D eigenvalue weighted by atomic mass is 16.5. The van der Waals surface area contributed by atoms with Crippen molar-refractivity contribution in [2.75, 3.05) is 6.61 Å². The molecular formula is C25H34O2. The molecule has 0 spiro atoms. The number of benzene rings is 1. The Kier molecular flexibility index (Phi) is 10.5. The maximum Gasteiger partial charge on any atom is 0.119 e. The summed E-state index contributed by atoms with van der Waals surface area (Å²) in [5, 5.41) is 10.1. The molecule has 27 heavy (non-hydrogen) atoms. The molecule has 2 heteroatoms. The minimum atomic E-state index is -0.530. The first-order chi connectivity index (χ1) is 13.3. The number of aliphatic hydroxyl groups is 1. The molecule has 1 aromatic rings. The average Bonchev–Trinajstić information content (AvgIpc) is 2.72. The smallest absolute Gasteiger partial charge is 0.119 e. The molecular weight excluding hydrogens is 332 g/mol. The van der Waals surface area contributed by atoms with Crippen LogP contribution in [-0.2, 0) is 0 Å². The van der Waals surface area contributed by atoms with Gasteiger partial charge >= 0.3 is 0 Å². The zero-order valence-corrected chi connectivity index (χ0v) is 16.8. The van der Waals surface area contributed by atoms with E-state index in [0.717, 1.165) is 37.2 Å². The van der Waals surface area contributed by atoms with Gasteiger partial charge in [-0.2, -0.15) is 0 Å². The fraction of sp³-hybridized carbons (Fsp3) is 0.600. The number of hydrogen-bond acceptors (Lipinski definition) is 2. The highest BCUT2D eigenvalue weighted by Gasteiger charge is 2.19. The molecule has 1 saturated carbocycles. The van der Waals surface area contributed by atoms with Gasteiger partial charge in [0.05, 0.1) is 6.61 Å². The van der Waals surface area contributed by atoms with Gasteiger partial charge in [0.25, 0.3) is 0 Å². The minimum Gasteiger partial charge on any atom is -0.494 e. The van der Waals surface area contributed by atoms with Gasteiger partial charge in [0.1, 0.15) is 11.9 Å². The van der Waals surface area contributed by atoms with Gasteiger partial charge in [0.2, 0.25) is 0 Å². The Morgan fingerprint density at radius 1 is 0.963 bits per heavy atom. The molecule has 0 bridgehead atoms. The maximum atomic E-state index is 10.1. The monoisotopic (exact) mass is 366 g/mol. The SMILES string of the molecule is CCCCCCCCOc1ccc(C#CC#C[C@@H](O)C2CCCCC2)cc1. The molecule has 2 nitrogen and oxygen atoms in total. The van der Waals surface area contributed by atoms with Crippen LogP contribution in [-0.4, -0.2) is 17.8 Å².